The van der Waals surface area contributed by atoms with Crippen LogP contribution in [0, 0.1) is 18.6 Å². The first-order valence-electron chi connectivity index (χ1n) is 6.41. The van der Waals surface area contributed by atoms with Gasteiger partial charge in [0.15, 0.2) is 17.5 Å². The molecule has 0 aliphatic rings. The molecule has 0 saturated heterocycles. The Morgan fingerprint density at radius 3 is 2.57 bits per heavy atom. The molecule has 0 saturated carbocycles. The lowest BCUT2D eigenvalue weighted by molar-refractivity contribution is -0.116. The molecule has 23 heavy (non-hydrogen) atoms. The van der Waals surface area contributed by atoms with Crippen molar-refractivity contribution in [2.45, 2.75) is 6.92 Å². The third-order valence-electron chi connectivity index (χ3n) is 2.86. The summed E-state index contributed by atoms with van der Waals surface area (Å²) in [5, 5.41) is 5.77. The third-order valence-corrected chi connectivity index (χ3v) is 3.18. The van der Waals surface area contributed by atoms with Crippen molar-refractivity contribution in [2.24, 2.45) is 0 Å². The molecule has 0 unspecified atom stereocenters. The topological polar surface area (TPSA) is 75.4 Å². The summed E-state index contributed by atoms with van der Waals surface area (Å²) in [6, 6.07) is 2.90. The van der Waals surface area contributed by atoms with E-state index in [1.807, 2.05) is 0 Å². The number of carbonyl (C=O) groups excluding carboxylic acids is 2. The molecule has 6 nitrogen and oxygen atoms in total. The van der Waals surface area contributed by atoms with Crippen LogP contribution < -0.4 is 5.32 Å². The van der Waals surface area contributed by atoms with Crippen LogP contribution in [-0.4, -0.2) is 35.5 Å². The normalized spacial score (nSPS) is 10.5. The van der Waals surface area contributed by atoms with Crippen LogP contribution in [0.2, 0.25) is 5.02 Å². The quantitative estimate of drug-likeness (QED) is 0.866. The van der Waals surface area contributed by atoms with Crippen molar-refractivity contribution in [1.29, 1.82) is 0 Å². The molecule has 9 heteroatoms. The maximum Gasteiger partial charge on any atom is 0.255 e. The molecule has 2 rings (SSSR count). The third kappa shape index (κ3) is 4.04. The van der Waals surface area contributed by atoms with Crippen molar-refractivity contribution >= 4 is 29.2 Å². The highest BCUT2D eigenvalue weighted by Gasteiger charge is 2.20. The Labute approximate surface area is 135 Å². The number of hydrogen-bond donors (Lipinski definition) is 1. The molecule has 1 heterocycles. The predicted molar refractivity (Wildman–Crippen MR) is 78.2 cm³/mol. The monoisotopic (exact) mass is 343 g/mol. The van der Waals surface area contributed by atoms with Crippen LogP contribution in [-0.2, 0) is 4.79 Å². The molecule has 0 radical (unpaired) electrons. The van der Waals surface area contributed by atoms with Gasteiger partial charge in [-0.05, 0) is 19.1 Å². The molecular weight excluding hydrogens is 332 g/mol. The number of halogens is 3. The fourth-order valence-corrected chi connectivity index (χ4v) is 2.02. The van der Waals surface area contributed by atoms with Gasteiger partial charge in [0.05, 0.1) is 17.1 Å². The zero-order valence-electron chi connectivity index (χ0n) is 12.2. The summed E-state index contributed by atoms with van der Waals surface area (Å²) in [6.07, 6.45) is 0. The van der Waals surface area contributed by atoms with Gasteiger partial charge in [0, 0.05) is 13.1 Å². The van der Waals surface area contributed by atoms with Gasteiger partial charge in [-0.1, -0.05) is 16.8 Å². The van der Waals surface area contributed by atoms with E-state index in [2.05, 4.69) is 10.5 Å². The van der Waals surface area contributed by atoms with Crippen molar-refractivity contribution < 1.29 is 22.9 Å². The number of benzene rings is 1. The van der Waals surface area contributed by atoms with Crippen LogP contribution in [0.15, 0.2) is 22.7 Å². The van der Waals surface area contributed by atoms with Crippen molar-refractivity contribution in [3.8, 4) is 0 Å². The van der Waals surface area contributed by atoms with Gasteiger partial charge in [0.25, 0.3) is 5.91 Å². The Hall–Kier alpha value is -2.48. The lowest BCUT2D eigenvalue weighted by atomic mass is 10.2. The summed E-state index contributed by atoms with van der Waals surface area (Å²) in [5.41, 5.74) is -0.238. The first kappa shape index (κ1) is 16.9. The highest BCUT2D eigenvalue weighted by atomic mass is 35.5. The van der Waals surface area contributed by atoms with Gasteiger partial charge in [0.2, 0.25) is 5.91 Å². The summed E-state index contributed by atoms with van der Waals surface area (Å²) >= 11 is 5.73. The fourth-order valence-electron chi connectivity index (χ4n) is 1.79. The molecule has 1 aromatic carbocycles. The standard InChI is InChI=1S/C14H12ClF2N3O3/c1-7-3-12(19-23-7)18-13(21)6-20(2)14(22)8-4-10(16)11(17)5-9(8)15/h3-5H,6H2,1-2H3,(H,18,19,21). The van der Waals surface area contributed by atoms with Gasteiger partial charge in [-0.25, -0.2) is 8.78 Å². The van der Waals surface area contributed by atoms with E-state index in [1.54, 1.807) is 6.92 Å². The molecular formula is C14H12ClF2N3O3. The van der Waals surface area contributed by atoms with E-state index in [0.717, 1.165) is 4.90 Å². The average molecular weight is 344 g/mol. The SMILES string of the molecule is Cc1cc(NC(=O)CN(C)C(=O)c2cc(F)c(F)cc2Cl)no1. The zero-order chi connectivity index (χ0) is 17.1. The maximum atomic E-state index is 13.2. The molecule has 0 aliphatic heterocycles. The van der Waals surface area contributed by atoms with Gasteiger partial charge in [-0.2, -0.15) is 0 Å². The number of rotatable bonds is 4. The Morgan fingerprint density at radius 2 is 1.96 bits per heavy atom. The van der Waals surface area contributed by atoms with Gasteiger partial charge in [-0.3, -0.25) is 9.59 Å². The molecule has 0 fully saturated rings. The Balaban J connectivity index is 2.05. The number of anilines is 1. The number of nitrogens with one attached hydrogen (secondary N) is 1. The number of amides is 2. The lowest BCUT2D eigenvalue weighted by Gasteiger charge is -2.17. The molecule has 2 amide bonds. The molecule has 0 aliphatic carbocycles. The van der Waals surface area contributed by atoms with E-state index in [0.29, 0.717) is 17.9 Å². The summed E-state index contributed by atoms with van der Waals surface area (Å²) < 4.78 is 31.0. The largest absolute Gasteiger partial charge is 0.360 e. The van der Waals surface area contributed by atoms with E-state index in [9.17, 15) is 18.4 Å². The average Bonchev–Trinajstić information content (AvgIpc) is 2.87. The predicted octanol–water partition coefficient (Wildman–Crippen LogP) is 2.63. The molecule has 0 bridgehead atoms. The second-order valence-corrected chi connectivity index (χ2v) is 5.19. The molecule has 0 atom stereocenters. The number of aryl methyl sites for hydroxylation is 1. The van der Waals surface area contributed by atoms with Gasteiger partial charge in [-0.15, -0.1) is 0 Å². The molecule has 1 N–H and O–H groups in total. The van der Waals surface area contributed by atoms with Crippen LogP contribution >= 0.6 is 11.6 Å². The van der Waals surface area contributed by atoms with Crippen LogP contribution in [0.5, 0.6) is 0 Å². The van der Waals surface area contributed by atoms with Gasteiger partial charge >= 0.3 is 0 Å². The smallest absolute Gasteiger partial charge is 0.255 e. The minimum absolute atomic E-state index is 0.208. The van der Waals surface area contributed by atoms with Crippen molar-refractivity contribution in [1.82, 2.24) is 10.1 Å². The van der Waals surface area contributed by atoms with Gasteiger partial charge < -0.3 is 14.7 Å². The number of hydrogen-bond acceptors (Lipinski definition) is 4. The van der Waals surface area contributed by atoms with E-state index < -0.39 is 23.4 Å². The van der Waals surface area contributed by atoms with Crippen molar-refractivity contribution in [3.05, 3.63) is 46.2 Å². The zero-order valence-corrected chi connectivity index (χ0v) is 12.9. The van der Waals surface area contributed by atoms with Crippen LogP contribution in [0.1, 0.15) is 16.1 Å². The van der Waals surface area contributed by atoms with Crippen molar-refractivity contribution in [3.63, 3.8) is 0 Å². The second-order valence-electron chi connectivity index (χ2n) is 4.78. The number of nitrogens with zero attached hydrogens (tertiary/aromatic N) is 2. The van der Waals surface area contributed by atoms with Crippen LogP contribution in [0.4, 0.5) is 14.6 Å². The summed E-state index contributed by atoms with van der Waals surface area (Å²) in [7, 11) is 1.33. The number of likely N-dealkylation sites (N-methyl/N-ethyl adjacent to an activating group) is 1. The molecule has 122 valence electrons. The molecule has 2 aromatic rings. The van der Waals surface area contributed by atoms with E-state index in [1.165, 1.54) is 13.1 Å². The minimum atomic E-state index is -1.20. The first-order valence-corrected chi connectivity index (χ1v) is 6.79. The van der Waals surface area contributed by atoms with E-state index in [-0.39, 0.29) is 22.9 Å². The highest BCUT2D eigenvalue weighted by molar-refractivity contribution is 6.33. The lowest BCUT2D eigenvalue weighted by Crippen LogP contribution is -2.35. The maximum absolute atomic E-state index is 13.2. The Kier molecular flexibility index (Phi) is 4.95. The fraction of sp³-hybridized carbons (Fsp3) is 0.214. The summed E-state index contributed by atoms with van der Waals surface area (Å²) in [6.45, 7) is 1.32. The number of carbonyl (C=O) groups is 2. The Bertz CT molecular complexity index is 764. The van der Waals surface area contributed by atoms with Crippen molar-refractivity contribution in [2.75, 3.05) is 18.9 Å². The van der Waals surface area contributed by atoms with E-state index in [4.69, 9.17) is 16.1 Å². The minimum Gasteiger partial charge on any atom is -0.360 e. The summed E-state index contributed by atoms with van der Waals surface area (Å²) in [4.78, 5) is 25.0. The van der Waals surface area contributed by atoms with Crippen LogP contribution in [0.3, 0.4) is 0 Å². The van der Waals surface area contributed by atoms with Crippen LogP contribution in [0.25, 0.3) is 0 Å². The van der Waals surface area contributed by atoms with E-state index >= 15 is 0 Å². The number of aromatic nitrogens is 1. The molecule has 0 spiro atoms. The summed E-state index contributed by atoms with van der Waals surface area (Å²) in [5.74, 6) is -2.90. The Morgan fingerprint density at radius 1 is 1.30 bits per heavy atom. The second kappa shape index (κ2) is 6.74. The molecule has 1 aromatic heterocycles. The highest BCUT2D eigenvalue weighted by Crippen LogP contribution is 2.21. The first-order chi connectivity index (χ1) is 10.8. The van der Waals surface area contributed by atoms with Gasteiger partial charge in [0.1, 0.15) is 5.76 Å².